The SMILES string of the molecule is COC(=O)[C@@H]1C[C@H]2CN(C(=O)OC(C)(C)C)C[C@@H]1O2. The summed E-state index contributed by atoms with van der Waals surface area (Å²) in [5.74, 6) is -0.541. The van der Waals surface area contributed by atoms with Crippen LogP contribution in [0.1, 0.15) is 27.2 Å². The van der Waals surface area contributed by atoms with E-state index in [9.17, 15) is 9.59 Å². The van der Waals surface area contributed by atoms with E-state index in [1.807, 2.05) is 20.8 Å². The van der Waals surface area contributed by atoms with E-state index >= 15 is 0 Å². The van der Waals surface area contributed by atoms with Crippen molar-refractivity contribution in [2.24, 2.45) is 5.92 Å². The highest BCUT2D eigenvalue weighted by atomic mass is 16.6. The molecule has 0 radical (unpaired) electrons. The lowest BCUT2D eigenvalue weighted by molar-refractivity contribution is -0.148. The Bertz CT molecular complexity index is 376. The Morgan fingerprint density at radius 3 is 2.53 bits per heavy atom. The summed E-state index contributed by atoms with van der Waals surface area (Å²) in [6, 6.07) is 0. The maximum absolute atomic E-state index is 12.0. The fraction of sp³-hybridized carbons (Fsp3) is 0.846. The van der Waals surface area contributed by atoms with Crippen LogP contribution < -0.4 is 0 Å². The maximum atomic E-state index is 12.0. The van der Waals surface area contributed by atoms with Gasteiger partial charge in [0.1, 0.15) is 5.60 Å². The molecule has 108 valence electrons. The zero-order valence-electron chi connectivity index (χ0n) is 11.8. The predicted octanol–water partition coefficient (Wildman–Crippen LogP) is 1.18. The van der Waals surface area contributed by atoms with Crippen LogP contribution in [-0.4, -0.2) is 55.0 Å². The zero-order valence-corrected chi connectivity index (χ0v) is 11.8. The second-order valence-corrected chi connectivity index (χ2v) is 6.05. The van der Waals surface area contributed by atoms with Crippen LogP contribution in [0.3, 0.4) is 0 Å². The van der Waals surface area contributed by atoms with Gasteiger partial charge in [0.2, 0.25) is 0 Å². The van der Waals surface area contributed by atoms with E-state index in [-0.39, 0.29) is 30.2 Å². The number of ether oxygens (including phenoxy) is 3. The number of amides is 1. The molecule has 2 bridgehead atoms. The van der Waals surface area contributed by atoms with Gasteiger partial charge in [-0.05, 0) is 27.2 Å². The number of carbonyl (C=O) groups excluding carboxylic acids is 2. The number of methoxy groups -OCH3 is 1. The number of nitrogens with zero attached hydrogens (tertiary/aromatic N) is 1. The molecule has 1 amide bonds. The Morgan fingerprint density at radius 2 is 1.95 bits per heavy atom. The van der Waals surface area contributed by atoms with Crippen molar-refractivity contribution in [3.63, 3.8) is 0 Å². The van der Waals surface area contributed by atoms with Crippen molar-refractivity contribution in [1.82, 2.24) is 4.90 Å². The normalized spacial score (nSPS) is 30.1. The average Bonchev–Trinajstić information content (AvgIpc) is 2.61. The number of hydrogen-bond acceptors (Lipinski definition) is 5. The lowest BCUT2D eigenvalue weighted by Crippen LogP contribution is -2.48. The summed E-state index contributed by atoms with van der Waals surface area (Å²) in [6.45, 7) is 6.34. The minimum absolute atomic E-state index is 0.102. The van der Waals surface area contributed by atoms with Crippen LogP contribution in [0.25, 0.3) is 0 Å². The third-order valence-corrected chi connectivity index (χ3v) is 3.31. The molecular formula is C13H21NO5. The second-order valence-electron chi connectivity index (χ2n) is 6.05. The van der Waals surface area contributed by atoms with Crippen LogP contribution in [0.2, 0.25) is 0 Å². The summed E-state index contributed by atoms with van der Waals surface area (Å²) in [6.07, 6.45) is -0.123. The topological polar surface area (TPSA) is 65.1 Å². The van der Waals surface area contributed by atoms with E-state index in [2.05, 4.69) is 0 Å². The molecule has 6 heteroatoms. The molecule has 0 aromatic carbocycles. The van der Waals surface area contributed by atoms with E-state index in [4.69, 9.17) is 14.2 Å². The lowest BCUT2D eigenvalue weighted by atomic mass is 10.0. The van der Waals surface area contributed by atoms with Crippen molar-refractivity contribution in [2.75, 3.05) is 20.2 Å². The van der Waals surface area contributed by atoms with Gasteiger partial charge in [-0.15, -0.1) is 0 Å². The van der Waals surface area contributed by atoms with Crippen LogP contribution in [0.5, 0.6) is 0 Å². The monoisotopic (exact) mass is 271 g/mol. The van der Waals surface area contributed by atoms with E-state index in [1.54, 1.807) is 4.90 Å². The first-order valence-corrected chi connectivity index (χ1v) is 6.51. The molecular weight excluding hydrogens is 250 g/mol. The number of carbonyl (C=O) groups is 2. The standard InChI is InChI=1S/C13H21NO5/c1-13(2,3)19-12(16)14-6-8-5-9(11(15)17-4)10(7-14)18-8/h8-10H,5-7H2,1-4H3/t8-,9+,10-/m0/s1. The molecule has 0 aromatic heterocycles. The van der Waals surface area contributed by atoms with E-state index < -0.39 is 5.60 Å². The molecule has 2 saturated heterocycles. The summed E-state index contributed by atoms with van der Waals surface area (Å²) in [5, 5.41) is 0. The minimum atomic E-state index is -0.518. The van der Waals surface area contributed by atoms with Crippen molar-refractivity contribution in [1.29, 1.82) is 0 Å². The number of fused-ring (bicyclic) bond motifs is 2. The van der Waals surface area contributed by atoms with Crippen LogP contribution in [-0.2, 0) is 19.0 Å². The Morgan fingerprint density at radius 1 is 1.26 bits per heavy atom. The lowest BCUT2D eigenvalue weighted by Gasteiger charge is -2.34. The first-order chi connectivity index (χ1) is 8.80. The molecule has 0 saturated carbocycles. The molecule has 2 fully saturated rings. The van der Waals surface area contributed by atoms with Gasteiger partial charge in [0.05, 0.1) is 38.3 Å². The van der Waals surface area contributed by atoms with Gasteiger partial charge >= 0.3 is 12.1 Å². The number of esters is 1. The Labute approximate surface area is 113 Å². The molecule has 0 aromatic rings. The quantitative estimate of drug-likeness (QED) is 0.670. The molecule has 0 N–H and O–H groups in total. The smallest absolute Gasteiger partial charge is 0.410 e. The highest BCUT2D eigenvalue weighted by molar-refractivity contribution is 5.74. The first kappa shape index (κ1) is 14.1. The van der Waals surface area contributed by atoms with Crippen molar-refractivity contribution < 1.29 is 23.8 Å². The molecule has 0 spiro atoms. The number of rotatable bonds is 1. The van der Waals surface area contributed by atoms with Crippen LogP contribution in [0.15, 0.2) is 0 Å². The molecule has 2 aliphatic rings. The van der Waals surface area contributed by atoms with Crippen molar-refractivity contribution in [3.8, 4) is 0 Å². The maximum Gasteiger partial charge on any atom is 0.410 e. The van der Waals surface area contributed by atoms with Gasteiger partial charge in [0.25, 0.3) is 0 Å². The third kappa shape index (κ3) is 3.18. The van der Waals surface area contributed by atoms with Crippen molar-refractivity contribution >= 4 is 12.1 Å². The third-order valence-electron chi connectivity index (χ3n) is 3.31. The van der Waals surface area contributed by atoms with Crippen molar-refractivity contribution in [3.05, 3.63) is 0 Å². The van der Waals surface area contributed by atoms with Gasteiger partial charge < -0.3 is 19.1 Å². The number of morpholine rings is 1. The molecule has 2 heterocycles. The van der Waals surface area contributed by atoms with Gasteiger partial charge in [-0.2, -0.15) is 0 Å². The van der Waals surface area contributed by atoms with Gasteiger partial charge in [-0.25, -0.2) is 4.79 Å². The highest BCUT2D eigenvalue weighted by Crippen LogP contribution is 2.33. The zero-order chi connectivity index (χ0) is 14.2. The Kier molecular flexibility index (Phi) is 3.71. The summed E-state index contributed by atoms with van der Waals surface area (Å²) < 4.78 is 15.8. The Balaban J connectivity index is 1.98. The fourth-order valence-corrected chi connectivity index (χ4v) is 2.53. The van der Waals surface area contributed by atoms with E-state index in [0.29, 0.717) is 19.5 Å². The van der Waals surface area contributed by atoms with E-state index in [1.165, 1.54) is 7.11 Å². The van der Waals surface area contributed by atoms with E-state index in [0.717, 1.165) is 0 Å². The summed E-state index contributed by atoms with van der Waals surface area (Å²) in [4.78, 5) is 25.3. The summed E-state index contributed by atoms with van der Waals surface area (Å²) in [7, 11) is 1.37. The number of hydrogen-bond donors (Lipinski definition) is 0. The largest absolute Gasteiger partial charge is 0.469 e. The fourth-order valence-electron chi connectivity index (χ4n) is 2.53. The van der Waals surface area contributed by atoms with Crippen LogP contribution in [0.4, 0.5) is 4.79 Å². The molecule has 3 atom stereocenters. The number of likely N-dealkylation sites (tertiary alicyclic amines) is 1. The van der Waals surface area contributed by atoms with Crippen LogP contribution >= 0.6 is 0 Å². The van der Waals surface area contributed by atoms with Gasteiger partial charge in [0.15, 0.2) is 0 Å². The minimum Gasteiger partial charge on any atom is -0.469 e. The molecule has 0 unspecified atom stereocenters. The molecule has 0 aliphatic carbocycles. The average molecular weight is 271 g/mol. The Hall–Kier alpha value is -1.30. The van der Waals surface area contributed by atoms with Crippen molar-refractivity contribution in [2.45, 2.75) is 45.0 Å². The summed E-state index contributed by atoms with van der Waals surface area (Å²) >= 11 is 0. The van der Waals surface area contributed by atoms with Crippen LogP contribution in [0, 0.1) is 5.92 Å². The molecule has 2 aliphatic heterocycles. The van der Waals surface area contributed by atoms with Gasteiger partial charge in [-0.1, -0.05) is 0 Å². The molecule has 19 heavy (non-hydrogen) atoms. The van der Waals surface area contributed by atoms with Gasteiger partial charge in [0, 0.05) is 0 Å². The molecule has 2 rings (SSSR count). The molecule has 6 nitrogen and oxygen atoms in total. The predicted molar refractivity (Wildman–Crippen MR) is 66.6 cm³/mol. The van der Waals surface area contributed by atoms with Gasteiger partial charge in [-0.3, -0.25) is 4.79 Å². The second kappa shape index (κ2) is 5.00. The highest BCUT2D eigenvalue weighted by Gasteiger charge is 2.46. The summed E-state index contributed by atoms with van der Waals surface area (Å²) in [5.41, 5.74) is -0.518. The first-order valence-electron chi connectivity index (χ1n) is 6.51.